The molecule has 0 saturated carbocycles. The molecular weight excluding hydrogens is 273 g/mol. The van der Waals surface area contributed by atoms with Gasteiger partial charge in [0.15, 0.2) is 0 Å². The van der Waals surface area contributed by atoms with Crippen molar-refractivity contribution >= 4 is 11.7 Å². The summed E-state index contributed by atoms with van der Waals surface area (Å²) in [6.45, 7) is 0. The second-order valence-corrected chi connectivity index (χ2v) is 4.36. The maximum atomic E-state index is 12.7. The van der Waals surface area contributed by atoms with Crippen LogP contribution in [0, 0.1) is 0 Å². The van der Waals surface area contributed by atoms with E-state index in [1.807, 2.05) is 0 Å². The number of nitrogens with one attached hydrogen (secondary N) is 3. The van der Waals surface area contributed by atoms with Gasteiger partial charge in [-0.15, -0.1) is 0 Å². The fourth-order valence-electron chi connectivity index (χ4n) is 2.14. The lowest BCUT2D eigenvalue weighted by molar-refractivity contribution is -0.137. The van der Waals surface area contributed by atoms with Crippen LogP contribution in [0.25, 0.3) is 0 Å². The van der Waals surface area contributed by atoms with Gasteiger partial charge in [-0.2, -0.15) is 18.3 Å². The molecule has 0 aliphatic carbocycles. The van der Waals surface area contributed by atoms with Crippen LogP contribution < -0.4 is 10.6 Å². The summed E-state index contributed by atoms with van der Waals surface area (Å²) in [5.74, 6) is 0. The summed E-state index contributed by atoms with van der Waals surface area (Å²) in [7, 11) is 0. The Kier molecular flexibility index (Phi) is 2.66. The molecule has 2 aromatic rings. The number of halogens is 3. The van der Waals surface area contributed by atoms with E-state index in [0.29, 0.717) is 11.1 Å². The summed E-state index contributed by atoms with van der Waals surface area (Å²) in [4.78, 5) is 11.6. The summed E-state index contributed by atoms with van der Waals surface area (Å²) in [5, 5.41) is 11.4. The van der Waals surface area contributed by atoms with Crippen LogP contribution >= 0.6 is 0 Å². The van der Waals surface area contributed by atoms with Gasteiger partial charge in [0.25, 0.3) is 0 Å². The van der Waals surface area contributed by atoms with E-state index in [2.05, 4.69) is 20.8 Å². The minimum absolute atomic E-state index is 0.148. The van der Waals surface area contributed by atoms with Crippen molar-refractivity contribution in [1.29, 1.82) is 0 Å². The Morgan fingerprint density at radius 1 is 1.25 bits per heavy atom. The lowest BCUT2D eigenvalue weighted by Gasteiger charge is -2.27. The third-order valence-corrected chi connectivity index (χ3v) is 3.07. The number of aromatic nitrogens is 2. The maximum Gasteiger partial charge on any atom is 0.416 e. The highest BCUT2D eigenvalue weighted by molar-refractivity contribution is 5.93. The molecule has 0 fully saturated rings. The number of hydrogen-bond acceptors (Lipinski definition) is 2. The predicted octanol–water partition coefficient (Wildman–Crippen LogP) is 2.65. The van der Waals surface area contributed by atoms with E-state index >= 15 is 0 Å². The van der Waals surface area contributed by atoms with Gasteiger partial charge in [-0.1, -0.05) is 6.07 Å². The molecule has 3 N–H and O–H groups in total. The van der Waals surface area contributed by atoms with Gasteiger partial charge < -0.3 is 10.6 Å². The second kappa shape index (κ2) is 4.26. The highest BCUT2D eigenvalue weighted by Crippen LogP contribution is 2.36. The number of nitrogens with zero attached hydrogens (tertiary/aromatic N) is 1. The lowest BCUT2D eigenvalue weighted by atomic mass is 9.96. The monoisotopic (exact) mass is 282 g/mol. The Morgan fingerprint density at radius 2 is 2.05 bits per heavy atom. The first-order valence-corrected chi connectivity index (χ1v) is 5.72. The van der Waals surface area contributed by atoms with Gasteiger partial charge in [0.05, 0.1) is 17.8 Å². The average Bonchev–Trinajstić information content (AvgIpc) is 2.89. The Balaban J connectivity index is 2.08. The molecule has 5 nitrogen and oxygen atoms in total. The summed E-state index contributed by atoms with van der Waals surface area (Å²) in [6, 6.07) is 2.19. The smallest absolute Gasteiger partial charge is 0.327 e. The van der Waals surface area contributed by atoms with Crippen LogP contribution in [0.2, 0.25) is 0 Å². The number of hydrogen-bond donors (Lipinski definition) is 3. The molecule has 2 amide bonds. The van der Waals surface area contributed by atoms with Gasteiger partial charge in [0.2, 0.25) is 0 Å². The van der Waals surface area contributed by atoms with Crippen molar-refractivity contribution in [1.82, 2.24) is 15.5 Å². The van der Waals surface area contributed by atoms with Gasteiger partial charge in [0.1, 0.15) is 0 Å². The Morgan fingerprint density at radius 3 is 2.70 bits per heavy atom. The lowest BCUT2D eigenvalue weighted by Crippen LogP contribution is -2.38. The number of H-pyrrole nitrogens is 1. The number of amides is 2. The molecule has 104 valence electrons. The van der Waals surface area contributed by atoms with Crippen molar-refractivity contribution in [2.45, 2.75) is 12.2 Å². The van der Waals surface area contributed by atoms with Gasteiger partial charge in [-0.25, -0.2) is 4.79 Å². The van der Waals surface area contributed by atoms with E-state index in [0.717, 1.165) is 12.1 Å². The normalized spacial score (nSPS) is 18.1. The van der Waals surface area contributed by atoms with Gasteiger partial charge >= 0.3 is 12.2 Å². The largest absolute Gasteiger partial charge is 0.416 e. The third kappa shape index (κ3) is 2.09. The summed E-state index contributed by atoms with van der Waals surface area (Å²) in [5.41, 5.74) is 0.569. The molecule has 1 aliphatic heterocycles. The van der Waals surface area contributed by atoms with E-state index in [1.54, 1.807) is 6.20 Å². The molecule has 1 aromatic carbocycles. The van der Waals surface area contributed by atoms with E-state index < -0.39 is 23.8 Å². The summed E-state index contributed by atoms with van der Waals surface area (Å²) in [6.07, 6.45) is -1.36. The molecule has 1 aromatic heterocycles. The van der Waals surface area contributed by atoms with E-state index in [4.69, 9.17) is 0 Å². The first-order valence-electron chi connectivity index (χ1n) is 5.72. The molecule has 1 atom stereocenters. The zero-order chi connectivity index (χ0) is 14.3. The van der Waals surface area contributed by atoms with Crippen LogP contribution in [0.1, 0.15) is 22.7 Å². The van der Waals surface area contributed by atoms with Gasteiger partial charge in [-0.3, -0.25) is 5.10 Å². The zero-order valence-electron chi connectivity index (χ0n) is 9.95. The third-order valence-electron chi connectivity index (χ3n) is 3.07. The number of rotatable bonds is 1. The van der Waals surface area contributed by atoms with E-state index in [1.165, 1.54) is 12.3 Å². The number of carbonyl (C=O) groups is 1. The standard InChI is InChI=1S/C12H9F3N4O/c13-12(14,15)7-1-2-8-9(3-7)18-11(20)19-10(8)6-4-16-17-5-6/h1-5,10H,(H,16,17)(H2,18,19,20). The molecule has 3 rings (SSSR count). The average molecular weight is 282 g/mol. The van der Waals surface area contributed by atoms with Crippen LogP contribution in [-0.4, -0.2) is 16.2 Å². The fraction of sp³-hybridized carbons (Fsp3) is 0.167. The highest BCUT2D eigenvalue weighted by atomic mass is 19.4. The van der Waals surface area contributed by atoms with Gasteiger partial charge in [0, 0.05) is 23.0 Å². The first-order chi connectivity index (χ1) is 9.45. The quantitative estimate of drug-likeness (QED) is 0.752. The number of benzene rings is 1. The number of aromatic amines is 1. The second-order valence-electron chi connectivity index (χ2n) is 4.36. The van der Waals surface area contributed by atoms with E-state index in [9.17, 15) is 18.0 Å². The Bertz CT molecular complexity index is 651. The summed E-state index contributed by atoms with van der Waals surface area (Å²) >= 11 is 0. The van der Waals surface area contributed by atoms with Crippen LogP contribution in [0.15, 0.2) is 30.6 Å². The summed E-state index contributed by atoms with van der Waals surface area (Å²) < 4.78 is 38.0. The molecule has 0 bridgehead atoms. The predicted molar refractivity (Wildman–Crippen MR) is 64.0 cm³/mol. The molecule has 2 heterocycles. The highest BCUT2D eigenvalue weighted by Gasteiger charge is 2.33. The minimum atomic E-state index is -4.45. The molecule has 20 heavy (non-hydrogen) atoms. The Labute approximate surface area is 111 Å². The van der Waals surface area contributed by atoms with Crippen LogP contribution in [0.4, 0.5) is 23.7 Å². The molecule has 1 aliphatic rings. The van der Waals surface area contributed by atoms with Crippen molar-refractivity contribution < 1.29 is 18.0 Å². The molecule has 1 unspecified atom stereocenters. The first kappa shape index (κ1) is 12.5. The molecule has 0 radical (unpaired) electrons. The number of fused-ring (bicyclic) bond motifs is 1. The van der Waals surface area contributed by atoms with Crippen LogP contribution in [0.5, 0.6) is 0 Å². The molecule has 8 heteroatoms. The Hall–Kier alpha value is -2.51. The number of urea groups is 1. The molecule has 0 spiro atoms. The number of carbonyl (C=O) groups excluding carboxylic acids is 1. The fourth-order valence-corrected chi connectivity index (χ4v) is 2.14. The van der Waals surface area contributed by atoms with Crippen LogP contribution in [-0.2, 0) is 6.18 Å². The number of alkyl halides is 3. The topological polar surface area (TPSA) is 69.8 Å². The minimum Gasteiger partial charge on any atom is -0.327 e. The van der Waals surface area contributed by atoms with Crippen molar-refractivity contribution in [3.63, 3.8) is 0 Å². The van der Waals surface area contributed by atoms with Crippen molar-refractivity contribution in [3.05, 3.63) is 47.3 Å². The molecular formula is C12H9F3N4O. The van der Waals surface area contributed by atoms with Gasteiger partial charge in [-0.05, 0) is 12.1 Å². The number of anilines is 1. The molecule has 0 saturated heterocycles. The maximum absolute atomic E-state index is 12.7. The van der Waals surface area contributed by atoms with Crippen molar-refractivity contribution in [2.24, 2.45) is 0 Å². The van der Waals surface area contributed by atoms with E-state index in [-0.39, 0.29) is 5.69 Å². The van der Waals surface area contributed by atoms with Crippen molar-refractivity contribution in [2.75, 3.05) is 5.32 Å². The SMILES string of the molecule is O=C1Nc2cc(C(F)(F)F)ccc2C(c2cn[nH]c2)N1. The van der Waals surface area contributed by atoms with Crippen LogP contribution in [0.3, 0.4) is 0 Å². The zero-order valence-corrected chi connectivity index (χ0v) is 9.95. The van der Waals surface area contributed by atoms with Crippen molar-refractivity contribution in [3.8, 4) is 0 Å².